The highest BCUT2D eigenvalue weighted by molar-refractivity contribution is 5.49. The molecule has 4 nitrogen and oxygen atoms in total. The summed E-state index contributed by atoms with van der Waals surface area (Å²) in [5.41, 5.74) is 7.28. The van der Waals surface area contributed by atoms with Crippen molar-refractivity contribution < 1.29 is 9.47 Å². The second-order valence-electron chi connectivity index (χ2n) is 5.80. The number of anilines is 1. The Kier molecular flexibility index (Phi) is 4.43. The lowest BCUT2D eigenvalue weighted by Gasteiger charge is -2.32. The van der Waals surface area contributed by atoms with Gasteiger partial charge in [-0.2, -0.15) is 0 Å². The summed E-state index contributed by atoms with van der Waals surface area (Å²) in [5, 5.41) is 0. The minimum Gasteiger partial charge on any atom is -0.488 e. The van der Waals surface area contributed by atoms with Crippen molar-refractivity contribution in [3.63, 3.8) is 0 Å². The topological polar surface area (TPSA) is 47.7 Å². The van der Waals surface area contributed by atoms with E-state index in [9.17, 15) is 0 Å². The van der Waals surface area contributed by atoms with E-state index in [1.54, 1.807) is 0 Å². The Bertz CT molecular complexity index is 415. The molecule has 0 aromatic heterocycles. The number of nitrogens with two attached hydrogens (primary N) is 1. The van der Waals surface area contributed by atoms with Gasteiger partial charge in [-0.25, -0.2) is 0 Å². The maximum Gasteiger partial charge on any atom is 0.122 e. The summed E-state index contributed by atoms with van der Waals surface area (Å²) in [6.45, 7) is 3.64. The molecule has 0 saturated carbocycles. The Hall–Kier alpha value is -1.26. The van der Waals surface area contributed by atoms with Crippen LogP contribution in [0.4, 0.5) is 5.69 Å². The van der Waals surface area contributed by atoms with Gasteiger partial charge < -0.3 is 20.1 Å². The van der Waals surface area contributed by atoms with Crippen molar-refractivity contribution in [1.29, 1.82) is 0 Å². The zero-order valence-corrected chi connectivity index (χ0v) is 12.0. The number of ether oxygens (including phenoxy) is 2. The SMILES string of the molecule is NC1CCCN(c2ccc(OC3CCCOC3)cc2)C1. The molecule has 4 heteroatoms. The summed E-state index contributed by atoms with van der Waals surface area (Å²) in [7, 11) is 0. The number of hydrogen-bond donors (Lipinski definition) is 1. The van der Waals surface area contributed by atoms with Crippen molar-refractivity contribution in [3.8, 4) is 5.75 Å². The van der Waals surface area contributed by atoms with Crippen molar-refractivity contribution in [2.24, 2.45) is 5.73 Å². The van der Waals surface area contributed by atoms with E-state index < -0.39 is 0 Å². The first-order chi connectivity index (χ1) is 9.81. The van der Waals surface area contributed by atoms with E-state index in [1.807, 2.05) is 0 Å². The standard InChI is InChI=1S/C16H24N2O2/c17-13-3-1-9-18(11-13)14-5-7-15(8-6-14)20-16-4-2-10-19-12-16/h5-8,13,16H,1-4,9-12,17H2. The molecule has 2 fully saturated rings. The summed E-state index contributed by atoms with van der Waals surface area (Å²) >= 11 is 0. The minimum atomic E-state index is 0.206. The molecule has 110 valence electrons. The van der Waals surface area contributed by atoms with Crippen LogP contribution in [0.3, 0.4) is 0 Å². The molecule has 2 aliphatic rings. The molecular formula is C16H24N2O2. The second kappa shape index (κ2) is 6.46. The van der Waals surface area contributed by atoms with Crippen LogP contribution < -0.4 is 15.4 Å². The van der Waals surface area contributed by atoms with E-state index in [-0.39, 0.29) is 6.10 Å². The fraction of sp³-hybridized carbons (Fsp3) is 0.625. The Balaban J connectivity index is 1.59. The molecule has 0 aliphatic carbocycles. The van der Waals surface area contributed by atoms with Gasteiger partial charge in [-0.3, -0.25) is 0 Å². The zero-order valence-electron chi connectivity index (χ0n) is 12.0. The van der Waals surface area contributed by atoms with E-state index >= 15 is 0 Å². The fourth-order valence-electron chi connectivity index (χ4n) is 2.98. The average Bonchev–Trinajstić information content (AvgIpc) is 2.49. The first-order valence-corrected chi connectivity index (χ1v) is 7.66. The molecule has 2 heterocycles. The zero-order chi connectivity index (χ0) is 13.8. The smallest absolute Gasteiger partial charge is 0.122 e. The molecule has 1 aromatic carbocycles. The van der Waals surface area contributed by atoms with Crippen LogP contribution in [0.15, 0.2) is 24.3 Å². The van der Waals surface area contributed by atoms with E-state index in [1.165, 1.54) is 12.1 Å². The molecule has 2 N–H and O–H groups in total. The molecule has 2 saturated heterocycles. The molecule has 3 rings (SSSR count). The Morgan fingerprint density at radius 1 is 1.15 bits per heavy atom. The third kappa shape index (κ3) is 3.44. The van der Waals surface area contributed by atoms with Crippen molar-refractivity contribution in [2.45, 2.75) is 37.8 Å². The van der Waals surface area contributed by atoms with E-state index in [4.69, 9.17) is 15.2 Å². The number of benzene rings is 1. The van der Waals surface area contributed by atoms with Crippen LogP contribution in [-0.2, 0) is 4.74 Å². The Morgan fingerprint density at radius 2 is 2.00 bits per heavy atom. The number of hydrogen-bond acceptors (Lipinski definition) is 4. The van der Waals surface area contributed by atoms with Gasteiger partial charge in [0, 0.05) is 31.4 Å². The maximum absolute atomic E-state index is 6.04. The molecule has 0 bridgehead atoms. The van der Waals surface area contributed by atoms with Crippen molar-refractivity contribution in [3.05, 3.63) is 24.3 Å². The van der Waals surface area contributed by atoms with Crippen LogP contribution in [0.1, 0.15) is 25.7 Å². The first kappa shape index (κ1) is 13.7. The predicted octanol–water partition coefficient (Wildman–Crippen LogP) is 2.17. The van der Waals surface area contributed by atoms with Gasteiger partial charge in [-0.05, 0) is 49.9 Å². The molecule has 2 unspecified atom stereocenters. The lowest BCUT2D eigenvalue weighted by atomic mass is 10.1. The molecule has 1 aromatic rings. The fourth-order valence-corrected chi connectivity index (χ4v) is 2.98. The summed E-state index contributed by atoms with van der Waals surface area (Å²) in [6.07, 6.45) is 4.70. The largest absolute Gasteiger partial charge is 0.488 e. The van der Waals surface area contributed by atoms with E-state index in [2.05, 4.69) is 29.2 Å². The van der Waals surface area contributed by atoms with Crippen LogP contribution in [-0.4, -0.2) is 38.4 Å². The van der Waals surface area contributed by atoms with Crippen LogP contribution in [0.2, 0.25) is 0 Å². The predicted molar refractivity (Wildman–Crippen MR) is 80.3 cm³/mol. The molecule has 2 aliphatic heterocycles. The molecule has 2 atom stereocenters. The van der Waals surface area contributed by atoms with E-state index in [0.717, 1.165) is 44.7 Å². The maximum atomic E-state index is 6.04. The quantitative estimate of drug-likeness (QED) is 0.919. The molecule has 0 spiro atoms. The van der Waals surface area contributed by atoms with Crippen LogP contribution in [0.25, 0.3) is 0 Å². The lowest BCUT2D eigenvalue weighted by molar-refractivity contribution is 0.00743. The van der Waals surface area contributed by atoms with Crippen LogP contribution in [0, 0.1) is 0 Å². The third-order valence-electron chi connectivity index (χ3n) is 4.08. The number of piperidine rings is 1. The monoisotopic (exact) mass is 276 g/mol. The minimum absolute atomic E-state index is 0.206. The number of nitrogens with zero attached hydrogens (tertiary/aromatic N) is 1. The number of rotatable bonds is 3. The van der Waals surface area contributed by atoms with Gasteiger partial charge in [0.25, 0.3) is 0 Å². The van der Waals surface area contributed by atoms with Crippen molar-refractivity contribution >= 4 is 5.69 Å². The molecule has 20 heavy (non-hydrogen) atoms. The third-order valence-corrected chi connectivity index (χ3v) is 4.08. The summed E-state index contributed by atoms with van der Waals surface area (Å²) < 4.78 is 11.4. The average molecular weight is 276 g/mol. The first-order valence-electron chi connectivity index (χ1n) is 7.66. The van der Waals surface area contributed by atoms with E-state index in [0.29, 0.717) is 12.6 Å². The summed E-state index contributed by atoms with van der Waals surface area (Å²) in [6, 6.07) is 8.70. The Labute approximate surface area is 120 Å². The molecular weight excluding hydrogens is 252 g/mol. The van der Waals surface area contributed by atoms with Gasteiger partial charge in [-0.1, -0.05) is 0 Å². The van der Waals surface area contributed by atoms with Gasteiger partial charge in [0.05, 0.1) is 6.61 Å². The second-order valence-corrected chi connectivity index (χ2v) is 5.80. The highest BCUT2D eigenvalue weighted by Gasteiger charge is 2.18. The van der Waals surface area contributed by atoms with Gasteiger partial charge in [-0.15, -0.1) is 0 Å². The summed E-state index contributed by atoms with van der Waals surface area (Å²) in [5.74, 6) is 0.936. The normalized spacial score (nSPS) is 27.4. The van der Waals surface area contributed by atoms with Gasteiger partial charge in [0.1, 0.15) is 11.9 Å². The van der Waals surface area contributed by atoms with Crippen molar-refractivity contribution in [1.82, 2.24) is 0 Å². The van der Waals surface area contributed by atoms with Crippen LogP contribution >= 0.6 is 0 Å². The molecule has 0 amide bonds. The van der Waals surface area contributed by atoms with Crippen molar-refractivity contribution in [2.75, 3.05) is 31.2 Å². The lowest BCUT2D eigenvalue weighted by Crippen LogP contribution is -2.42. The van der Waals surface area contributed by atoms with Gasteiger partial charge in [0.15, 0.2) is 0 Å². The Morgan fingerprint density at radius 3 is 2.70 bits per heavy atom. The van der Waals surface area contributed by atoms with Gasteiger partial charge >= 0.3 is 0 Å². The summed E-state index contributed by atoms with van der Waals surface area (Å²) in [4.78, 5) is 2.36. The molecule has 0 radical (unpaired) electrons. The van der Waals surface area contributed by atoms with Gasteiger partial charge in [0.2, 0.25) is 0 Å². The highest BCUT2D eigenvalue weighted by atomic mass is 16.5. The van der Waals surface area contributed by atoms with Crippen LogP contribution in [0.5, 0.6) is 5.75 Å². The highest BCUT2D eigenvalue weighted by Crippen LogP contribution is 2.24.